The van der Waals surface area contributed by atoms with E-state index in [2.05, 4.69) is 65.1 Å². The van der Waals surface area contributed by atoms with Crippen molar-refractivity contribution in [2.45, 2.75) is 83.3 Å². The highest BCUT2D eigenvalue weighted by Gasteiger charge is 2.42. The van der Waals surface area contributed by atoms with E-state index < -0.39 is 14.0 Å². The van der Waals surface area contributed by atoms with Gasteiger partial charge in [0, 0.05) is 22.5 Å². The van der Waals surface area contributed by atoms with E-state index in [0.717, 1.165) is 28.7 Å². The predicted octanol–water partition coefficient (Wildman–Crippen LogP) is 7.63. The first-order valence-corrected chi connectivity index (χ1v) is 15.4. The third-order valence-corrected chi connectivity index (χ3v) is 14.2. The van der Waals surface area contributed by atoms with Crippen LogP contribution in [0, 0.1) is 21.6 Å². The number of ketones is 1. The molecule has 0 heterocycles. The molecule has 1 unspecified atom stereocenters. The Kier molecular flexibility index (Phi) is 9.08. The molecule has 36 heavy (non-hydrogen) atoms. The molecule has 3 rings (SSSR count). The summed E-state index contributed by atoms with van der Waals surface area (Å²) >= 11 is 0. The maximum atomic E-state index is 13.8. The second-order valence-corrected chi connectivity index (χ2v) is 16.5. The first kappa shape index (κ1) is 27.6. The van der Waals surface area contributed by atoms with E-state index in [1.165, 1.54) is 5.56 Å². The van der Waals surface area contributed by atoms with Crippen LogP contribution in [-0.4, -0.2) is 25.3 Å². The number of allylic oxidation sites excluding steroid dienone is 2. The van der Waals surface area contributed by atoms with E-state index in [4.69, 9.17) is 0 Å². The molecule has 0 amide bonds. The standard InChI is InChI=1S/C31H39NO3Si/c1-22(2)36(23(3)4,24(5)6)19-18-29-28-15-11-10-14-26(28)16-17-30(29)31(33)20-27(21-32(34)35)25-12-8-7-9-13-25/h7-15,22-24,27H,16-17,20-21H2,1-6H3. The number of hydrogen-bond donors (Lipinski definition) is 0. The molecule has 190 valence electrons. The van der Waals surface area contributed by atoms with Gasteiger partial charge in [-0.2, -0.15) is 0 Å². The molecule has 0 spiro atoms. The van der Waals surface area contributed by atoms with Crippen molar-refractivity contribution in [3.8, 4) is 11.5 Å². The minimum absolute atomic E-state index is 0.0181. The lowest BCUT2D eigenvalue weighted by molar-refractivity contribution is -0.483. The fourth-order valence-electron chi connectivity index (χ4n) is 6.09. The van der Waals surface area contributed by atoms with Crippen molar-refractivity contribution in [3.05, 3.63) is 87.0 Å². The number of carbonyl (C=O) groups excluding carboxylic acids is 1. The Morgan fingerprint density at radius 3 is 2.08 bits per heavy atom. The average molecular weight is 502 g/mol. The molecule has 1 atom stereocenters. The Hall–Kier alpha value is -2.97. The van der Waals surface area contributed by atoms with Crippen molar-refractivity contribution in [2.24, 2.45) is 0 Å². The highest BCUT2D eigenvalue weighted by molar-refractivity contribution is 6.90. The van der Waals surface area contributed by atoms with Crippen LogP contribution >= 0.6 is 0 Å². The number of fused-ring (bicyclic) bond motifs is 1. The number of nitro groups is 1. The molecule has 0 bridgehead atoms. The van der Waals surface area contributed by atoms with Crippen molar-refractivity contribution in [1.82, 2.24) is 0 Å². The van der Waals surface area contributed by atoms with Crippen molar-refractivity contribution in [3.63, 3.8) is 0 Å². The number of hydrogen-bond acceptors (Lipinski definition) is 3. The quantitative estimate of drug-likeness (QED) is 0.154. The second kappa shape index (κ2) is 11.8. The fraction of sp³-hybridized carbons (Fsp3) is 0.452. The maximum absolute atomic E-state index is 13.8. The highest BCUT2D eigenvalue weighted by Crippen LogP contribution is 2.41. The van der Waals surface area contributed by atoms with Crippen LogP contribution in [-0.2, 0) is 11.2 Å². The van der Waals surface area contributed by atoms with Gasteiger partial charge < -0.3 is 0 Å². The van der Waals surface area contributed by atoms with Gasteiger partial charge in [0.25, 0.3) is 0 Å². The molecule has 1 aliphatic carbocycles. The Balaban J connectivity index is 2.12. The number of rotatable bonds is 9. The molecular formula is C31H39NO3Si. The van der Waals surface area contributed by atoms with E-state index in [-0.39, 0.29) is 23.7 Å². The molecule has 0 N–H and O–H groups in total. The van der Waals surface area contributed by atoms with Crippen LogP contribution in [0.25, 0.3) is 5.57 Å². The lowest BCUT2D eigenvalue weighted by Crippen LogP contribution is -2.43. The number of benzene rings is 2. The zero-order valence-electron chi connectivity index (χ0n) is 22.5. The Morgan fingerprint density at radius 2 is 1.50 bits per heavy atom. The Bertz CT molecular complexity index is 1160. The van der Waals surface area contributed by atoms with Crippen molar-refractivity contribution >= 4 is 19.4 Å². The lowest BCUT2D eigenvalue weighted by Gasteiger charge is -2.38. The van der Waals surface area contributed by atoms with Crippen LogP contribution < -0.4 is 0 Å². The molecule has 0 saturated carbocycles. The van der Waals surface area contributed by atoms with Crippen LogP contribution in [0.15, 0.2) is 60.2 Å². The normalized spacial score (nSPS) is 14.5. The molecule has 0 fully saturated rings. The van der Waals surface area contributed by atoms with E-state index >= 15 is 0 Å². The summed E-state index contributed by atoms with van der Waals surface area (Å²) in [5, 5.41) is 11.4. The van der Waals surface area contributed by atoms with E-state index in [1.54, 1.807) is 0 Å². The first-order valence-electron chi connectivity index (χ1n) is 13.1. The van der Waals surface area contributed by atoms with Crippen LogP contribution in [0.2, 0.25) is 16.6 Å². The summed E-state index contributed by atoms with van der Waals surface area (Å²) in [6.07, 6.45) is 1.53. The lowest BCUT2D eigenvalue weighted by atomic mass is 9.81. The van der Waals surface area contributed by atoms with Gasteiger partial charge in [-0.15, -0.1) is 5.54 Å². The van der Waals surface area contributed by atoms with E-state index in [1.807, 2.05) is 42.5 Å². The second-order valence-electron chi connectivity index (χ2n) is 10.9. The van der Waals surface area contributed by atoms with Gasteiger partial charge in [0.05, 0.1) is 5.92 Å². The zero-order chi connectivity index (χ0) is 26.5. The van der Waals surface area contributed by atoms with Crippen LogP contribution in [0.1, 0.15) is 77.0 Å². The average Bonchev–Trinajstić information content (AvgIpc) is 2.83. The molecule has 0 saturated heterocycles. The molecule has 1 aliphatic rings. The molecule has 5 heteroatoms. The van der Waals surface area contributed by atoms with Gasteiger partial charge in [-0.05, 0) is 46.2 Å². The molecule has 2 aromatic rings. The van der Waals surface area contributed by atoms with Gasteiger partial charge in [-0.25, -0.2) is 0 Å². The minimum Gasteiger partial charge on any atom is -0.294 e. The van der Waals surface area contributed by atoms with Crippen molar-refractivity contribution < 1.29 is 9.72 Å². The molecule has 0 aliphatic heterocycles. The third-order valence-electron chi connectivity index (χ3n) is 7.91. The van der Waals surface area contributed by atoms with Gasteiger partial charge in [0.15, 0.2) is 5.78 Å². The summed E-state index contributed by atoms with van der Waals surface area (Å²) in [6.45, 7) is 13.5. The summed E-state index contributed by atoms with van der Waals surface area (Å²) in [4.78, 5) is 24.9. The zero-order valence-corrected chi connectivity index (χ0v) is 23.5. The summed E-state index contributed by atoms with van der Waals surface area (Å²) in [7, 11) is -2.00. The first-order chi connectivity index (χ1) is 17.1. The summed E-state index contributed by atoms with van der Waals surface area (Å²) in [5.74, 6) is 3.11. The van der Waals surface area contributed by atoms with Crippen LogP contribution in [0.5, 0.6) is 0 Å². The predicted molar refractivity (Wildman–Crippen MR) is 151 cm³/mol. The smallest absolute Gasteiger partial charge is 0.211 e. The monoisotopic (exact) mass is 501 g/mol. The summed E-state index contributed by atoms with van der Waals surface area (Å²) in [5.41, 5.74) is 9.97. The summed E-state index contributed by atoms with van der Waals surface area (Å²) in [6, 6.07) is 17.6. The Morgan fingerprint density at radius 1 is 0.917 bits per heavy atom. The van der Waals surface area contributed by atoms with Gasteiger partial charge in [0.2, 0.25) is 6.54 Å². The number of nitrogens with zero attached hydrogens (tertiary/aromatic N) is 1. The number of Topliss-reactive ketones (excluding diaryl/α,β-unsaturated/α-hetero) is 1. The number of aryl methyl sites for hydroxylation is 1. The maximum Gasteiger partial charge on any atom is 0.211 e. The number of carbonyl (C=O) groups is 1. The third kappa shape index (κ3) is 5.87. The van der Waals surface area contributed by atoms with Crippen molar-refractivity contribution in [1.29, 1.82) is 0 Å². The topological polar surface area (TPSA) is 60.2 Å². The van der Waals surface area contributed by atoms with Crippen LogP contribution in [0.3, 0.4) is 0 Å². The highest BCUT2D eigenvalue weighted by atomic mass is 28.3. The molecule has 2 aromatic carbocycles. The van der Waals surface area contributed by atoms with E-state index in [9.17, 15) is 14.9 Å². The van der Waals surface area contributed by atoms with Gasteiger partial charge >= 0.3 is 0 Å². The van der Waals surface area contributed by atoms with Crippen molar-refractivity contribution in [2.75, 3.05) is 6.54 Å². The SMILES string of the molecule is CC(C)[Si](C#CC1=C(C(=O)CC(C[N+](=O)[O-])c2ccccc2)CCc2ccccc21)(C(C)C)C(C)C. The largest absolute Gasteiger partial charge is 0.294 e. The fourth-order valence-corrected chi connectivity index (χ4v) is 11.3. The summed E-state index contributed by atoms with van der Waals surface area (Å²) < 4.78 is 0. The molecule has 0 aromatic heterocycles. The molecule has 4 nitrogen and oxygen atoms in total. The minimum atomic E-state index is -2.00. The molecule has 0 radical (unpaired) electrons. The molecular weight excluding hydrogens is 462 g/mol. The Labute approximate surface area is 217 Å². The van der Waals surface area contributed by atoms with Gasteiger partial charge in [-0.3, -0.25) is 14.9 Å². The van der Waals surface area contributed by atoms with Gasteiger partial charge in [0.1, 0.15) is 8.07 Å². The van der Waals surface area contributed by atoms with Gasteiger partial charge in [-0.1, -0.05) is 102 Å². The van der Waals surface area contributed by atoms with E-state index in [0.29, 0.717) is 23.0 Å². The van der Waals surface area contributed by atoms with Crippen LogP contribution in [0.4, 0.5) is 0 Å².